The third kappa shape index (κ3) is 5.83. The quantitative estimate of drug-likeness (QED) is 0.604. The van der Waals surface area contributed by atoms with Crippen LogP contribution in [0, 0.1) is 0 Å². The first-order valence-electron chi connectivity index (χ1n) is 8.03. The molecule has 0 saturated heterocycles. The topological polar surface area (TPSA) is 68.9 Å². The standard InChI is InChI=1S/C19H25N3O2/c1-14(2)24-17-9-7-16(8-10-17)22-19(20)21-12-11-15-5-4-6-18(13-15)23-3/h4-10,13-14H,11-12H2,1-3H3,(H3,20,21,22). The molecule has 5 heteroatoms. The van der Waals surface area contributed by atoms with Gasteiger partial charge in [-0.1, -0.05) is 12.1 Å². The van der Waals surface area contributed by atoms with Gasteiger partial charge in [0.1, 0.15) is 11.5 Å². The summed E-state index contributed by atoms with van der Waals surface area (Å²) in [5.74, 6) is 2.09. The van der Waals surface area contributed by atoms with Crippen molar-refractivity contribution in [1.29, 1.82) is 0 Å². The average Bonchev–Trinajstić information content (AvgIpc) is 2.56. The summed E-state index contributed by atoms with van der Waals surface area (Å²) in [5, 5.41) is 3.08. The van der Waals surface area contributed by atoms with Crippen LogP contribution in [0.5, 0.6) is 11.5 Å². The summed E-state index contributed by atoms with van der Waals surface area (Å²) in [4.78, 5) is 4.35. The Balaban J connectivity index is 1.84. The Labute approximate surface area is 143 Å². The summed E-state index contributed by atoms with van der Waals surface area (Å²) < 4.78 is 10.8. The molecule has 0 aliphatic heterocycles. The van der Waals surface area contributed by atoms with Crippen LogP contribution >= 0.6 is 0 Å². The molecule has 0 fully saturated rings. The van der Waals surface area contributed by atoms with E-state index < -0.39 is 0 Å². The van der Waals surface area contributed by atoms with Crippen LogP contribution in [0.2, 0.25) is 0 Å². The van der Waals surface area contributed by atoms with Crippen molar-refractivity contribution in [2.45, 2.75) is 26.4 Å². The third-order valence-corrected chi connectivity index (χ3v) is 3.32. The maximum absolute atomic E-state index is 5.93. The van der Waals surface area contributed by atoms with Crippen LogP contribution in [0.25, 0.3) is 0 Å². The molecule has 0 aliphatic carbocycles. The number of nitrogens with one attached hydrogen (secondary N) is 1. The number of ether oxygens (including phenoxy) is 2. The van der Waals surface area contributed by atoms with Gasteiger partial charge in [-0.05, 0) is 62.2 Å². The molecule has 24 heavy (non-hydrogen) atoms. The molecule has 2 rings (SSSR count). The Bertz CT molecular complexity index is 667. The lowest BCUT2D eigenvalue weighted by atomic mass is 10.1. The fourth-order valence-corrected chi connectivity index (χ4v) is 2.21. The number of nitrogens with two attached hydrogens (primary N) is 1. The maximum Gasteiger partial charge on any atom is 0.193 e. The fourth-order valence-electron chi connectivity index (χ4n) is 2.21. The third-order valence-electron chi connectivity index (χ3n) is 3.32. The molecule has 3 N–H and O–H groups in total. The van der Waals surface area contributed by atoms with Gasteiger partial charge in [-0.3, -0.25) is 4.99 Å². The molecule has 128 valence electrons. The lowest BCUT2D eigenvalue weighted by Crippen LogP contribution is -2.23. The van der Waals surface area contributed by atoms with Crippen molar-refractivity contribution in [2.75, 3.05) is 19.0 Å². The highest BCUT2D eigenvalue weighted by molar-refractivity contribution is 5.92. The summed E-state index contributed by atoms with van der Waals surface area (Å²) in [5.41, 5.74) is 7.98. The second-order valence-corrected chi connectivity index (χ2v) is 5.68. The predicted octanol–water partition coefficient (Wildman–Crippen LogP) is 3.45. The molecule has 0 amide bonds. The van der Waals surface area contributed by atoms with Crippen molar-refractivity contribution < 1.29 is 9.47 Å². The van der Waals surface area contributed by atoms with Gasteiger partial charge >= 0.3 is 0 Å². The molecule has 0 radical (unpaired) electrons. The highest BCUT2D eigenvalue weighted by Crippen LogP contribution is 2.17. The summed E-state index contributed by atoms with van der Waals surface area (Å²) in [6, 6.07) is 15.6. The van der Waals surface area contributed by atoms with Crippen LogP contribution in [-0.2, 0) is 6.42 Å². The second kappa shape index (κ2) is 8.82. The molecule has 0 spiro atoms. The van der Waals surface area contributed by atoms with Gasteiger partial charge in [0.2, 0.25) is 0 Å². The van der Waals surface area contributed by atoms with Gasteiger partial charge in [0.05, 0.1) is 13.2 Å². The molecule has 2 aromatic carbocycles. The van der Waals surface area contributed by atoms with Crippen molar-refractivity contribution in [3.8, 4) is 11.5 Å². The van der Waals surface area contributed by atoms with E-state index in [-0.39, 0.29) is 6.10 Å². The summed E-state index contributed by atoms with van der Waals surface area (Å²) in [6.07, 6.45) is 0.966. The fraction of sp³-hybridized carbons (Fsp3) is 0.316. The zero-order valence-electron chi connectivity index (χ0n) is 14.5. The summed E-state index contributed by atoms with van der Waals surface area (Å²) in [7, 11) is 1.66. The largest absolute Gasteiger partial charge is 0.497 e. The smallest absolute Gasteiger partial charge is 0.193 e. The lowest BCUT2D eigenvalue weighted by Gasteiger charge is -2.11. The van der Waals surface area contributed by atoms with Crippen LogP contribution < -0.4 is 20.5 Å². The van der Waals surface area contributed by atoms with E-state index in [0.717, 1.165) is 23.6 Å². The minimum absolute atomic E-state index is 0.159. The Hall–Kier alpha value is -2.69. The van der Waals surface area contributed by atoms with Crippen LogP contribution in [0.1, 0.15) is 19.4 Å². The normalized spacial score (nSPS) is 11.4. The van der Waals surface area contributed by atoms with E-state index >= 15 is 0 Å². The Morgan fingerprint density at radius 2 is 1.88 bits per heavy atom. The zero-order valence-corrected chi connectivity index (χ0v) is 14.5. The highest BCUT2D eigenvalue weighted by Gasteiger charge is 2.00. The van der Waals surface area contributed by atoms with Gasteiger partial charge in [-0.25, -0.2) is 0 Å². The highest BCUT2D eigenvalue weighted by atomic mass is 16.5. The van der Waals surface area contributed by atoms with Gasteiger partial charge in [-0.2, -0.15) is 0 Å². The first kappa shape index (κ1) is 17.7. The lowest BCUT2D eigenvalue weighted by molar-refractivity contribution is 0.242. The van der Waals surface area contributed by atoms with E-state index in [1.807, 2.05) is 56.3 Å². The number of hydrogen-bond acceptors (Lipinski definition) is 3. The Kier molecular flexibility index (Phi) is 6.49. The molecular weight excluding hydrogens is 302 g/mol. The number of methoxy groups -OCH3 is 1. The van der Waals surface area contributed by atoms with Gasteiger partial charge in [-0.15, -0.1) is 0 Å². The van der Waals surface area contributed by atoms with E-state index in [1.54, 1.807) is 7.11 Å². The predicted molar refractivity (Wildman–Crippen MR) is 99.0 cm³/mol. The van der Waals surface area contributed by atoms with Crippen molar-refractivity contribution >= 4 is 11.6 Å². The van der Waals surface area contributed by atoms with Gasteiger partial charge in [0.15, 0.2) is 5.96 Å². The van der Waals surface area contributed by atoms with Crippen LogP contribution in [-0.4, -0.2) is 25.7 Å². The minimum Gasteiger partial charge on any atom is -0.497 e. The van der Waals surface area contributed by atoms with Gasteiger partial charge < -0.3 is 20.5 Å². The number of rotatable bonds is 7. The van der Waals surface area contributed by atoms with Crippen molar-refractivity contribution in [3.05, 3.63) is 54.1 Å². The van der Waals surface area contributed by atoms with Crippen molar-refractivity contribution in [3.63, 3.8) is 0 Å². The summed E-state index contributed by atoms with van der Waals surface area (Å²) >= 11 is 0. The van der Waals surface area contributed by atoms with Crippen molar-refractivity contribution in [1.82, 2.24) is 0 Å². The molecular formula is C19H25N3O2. The SMILES string of the molecule is COc1cccc(CCN=C(N)Nc2ccc(OC(C)C)cc2)c1. The molecule has 5 nitrogen and oxygen atoms in total. The van der Waals surface area contributed by atoms with Crippen LogP contribution in [0.15, 0.2) is 53.5 Å². The molecule has 0 aromatic heterocycles. The Morgan fingerprint density at radius 3 is 2.54 bits per heavy atom. The average molecular weight is 327 g/mol. The van der Waals surface area contributed by atoms with Crippen LogP contribution in [0.3, 0.4) is 0 Å². The molecule has 2 aromatic rings. The molecule has 0 unspecified atom stereocenters. The number of benzene rings is 2. The van der Waals surface area contributed by atoms with E-state index in [4.69, 9.17) is 15.2 Å². The second-order valence-electron chi connectivity index (χ2n) is 5.68. The van der Waals surface area contributed by atoms with E-state index in [1.165, 1.54) is 5.56 Å². The van der Waals surface area contributed by atoms with Crippen LogP contribution in [0.4, 0.5) is 5.69 Å². The number of aliphatic imine (C=N–C) groups is 1. The molecule has 0 heterocycles. The number of hydrogen-bond donors (Lipinski definition) is 2. The number of anilines is 1. The van der Waals surface area contributed by atoms with Crippen molar-refractivity contribution in [2.24, 2.45) is 10.7 Å². The van der Waals surface area contributed by atoms with E-state index in [9.17, 15) is 0 Å². The molecule has 0 aliphatic rings. The molecule has 0 bridgehead atoms. The van der Waals surface area contributed by atoms with Gasteiger partial charge in [0.25, 0.3) is 0 Å². The summed E-state index contributed by atoms with van der Waals surface area (Å²) in [6.45, 7) is 4.61. The van der Waals surface area contributed by atoms with E-state index in [2.05, 4.69) is 16.4 Å². The number of guanidine groups is 1. The minimum atomic E-state index is 0.159. The molecule has 0 atom stereocenters. The first-order valence-corrected chi connectivity index (χ1v) is 8.03. The van der Waals surface area contributed by atoms with Gasteiger partial charge in [0, 0.05) is 12.2 Å². The maximum atomic E-state index is 5.93. The molecule has 0 saturated carbocycles. The Morgan fingerprint density at radius 1 is 1.12 bits per heavy atom. The number of nitrogens with zero attached hydrogens (tertiary/aromatic N) is 1. The zero-order chi connectivity index (χ0) is 17.4. The monoisotopic (exact) mass is 327 g/mol. The first-order chi connectivity index (χ1) is 11.6. The van der Waals surface area contributed by atoms with E-state index in [0.29, 0.717) is 12.5 Å².